The second kappa shape index (κ2) is 60.9. The predicted molar refractivity (Wildman–Crippen MR) is 330 cm³/mol. The lowest BCUT2D eigenvalue weighted by atomic mass is 10.0. The zero-order chi connectivity index (χ0) is 55.9. The van der Waals surface area contributed by atoms with E-state index in [1.165, 1.54) is 38.5 Å². The molecule has 0 amide bonds. The van der Waals surface area contributed by atoms with E-state index < -0.39 is 32.5 Å². The van der Waals surface area contributed by atoms with Gasteiger partial charge in [0, 0.05) is 19.4 Å². The summed E-state index contributed by atoms with van der Waals surface area (Å²) in [6.07, 6.45) is 88.8. The van der Waals surface area contributed by atoms with Gasteiger partial charge in [-0.2, -0.15) is 0 Å². The fourth-order valence-electron chi connectivity index (χ4n) is 7.56. The maximum absolute atomic E-state index is 12.7. The summed E-state index contributed by atoms with van der Waals surface area (Å²) < 4.78 is 33.0. The maximum atomic E-state index is 12.7. The molecule has 0 aliphatic heterocycles. The standard InChI is InChI=1S/C67H108NO8P/c1-3-5-7-9-11-13-15-17-19-20-21-22-23-24-25-26-27-28-29-30-31-32-33-34-35-36-37-38-39-40-41-42-43-44-46-48-50-52-54-56-58-60-67(70)76-65(64-75-77(71,72)74-62-61-68)63-73-66(69)59-57-55-53-51-49-47-45-18-16-14-12-10-8-6-4-2/h5-8,11-14,17-19,21-22,24-25,27-28,30-31,33-34,36-37,39-40,45,65H,3-4,9-10,15-16,20,23,26,29,32,35,38,41-44,46-64,68H2,1-2H3,(H,71,72)/b7-5-,8-6-,13-11-,14-12-,19-17-,22-21-,25-24-,28-27-,31-30-,34-33-,37-36-,40-39-,45-18-. The molecule has 0 fully saturated rings. The minimum atomic E-state index is -4.40. The van der Waals surface area contributed by atoms with Crippen molar-refractivity contribution >= 4 is 19.8 Å². The third-order valence-corrected chi connectivity index (χ3v) is 12.9. The number of allylic oxidation sites excluding steroid dienone is 26. The Hall–Kier alpha value is -4.37. The number of esters is 2. The molecular formula is C67H108NO8P. The number of nitrogens with two attached hydrogens (primary N) is 1. The highest BCUT2D eigenvalue weighted by Gasteiger charge is 2.26. The van der Waals surface area contributed by atoms with Crippen LogP contribution in [-0.2, 0) is 32.7 Å². The number of unbranched alkanes of at least 4 members (excludes halogenated alkanes) is 15. The summed E-state index contributed by atoms with van der Waals surface area (Å²) in [4.78, 5) is 35.1. The smallest absolute Gasteiger partial charge is 0.462 e. The third-order valence-electron chi connectivity index (χ3n) is 11.9. The number of carbonyl (C=O) groups is 2. The second-order valence-electron chi connectivity index (χ2n) is 19.1. The van der Waals surface area contributed by atoms with Crippen molar-refractivity contribution in [1.82, 2.24) is 0 Å². The van der Waals surface area contributed by atoms with E-state index in [0.717, 1.165) is 141 Å². The van der Waals surface area contributed by atoms with E-state index in [1.807, 2.05) is 0 Å². The van der Waals surface area contributed by atoms with Gasteiger partial charge in [-0.05, 0) is 122 Å². The molecule has 2 atom stereocenters. The van der Waals surface area contributed by atoms with Crippen LogP contribution in [0.4, 0.5) is 0 Å². The number of hydrogen-bond donors (Lipinski definition) is 2. The SMILES string of the molecule is CC/C=C\C/C=C\C/C=C\C/C=C\C/C=C\C/C=C\C/C=C\C/C=C\C/C=C\C/C=C\CCCCCCCCCCCCC(=O)OC(COC(=O)CCCCCCC/C=C\C/C=C\C/C=C\CC)COP(=O)(O)OCCN. The van der Waals surface area contributed by atoms with Crippen molar-refractivity contribution in [2.45, 2.75) is 225 Å². The van der Waals surface area contributed by atoms with Crippen molar-refractivity contribution in [3.05, 3.63) is 158 Å². The molecule has 3 N–H and O–H groups in total. The minimum Gasteiger partial charge on any atom is -0.462 e. The largest absolute Gasteiger partial charge is 0.472 e. The van der Waals surface area contributed by atoms with Gasteiger partial charge >= 0.3 is 19.8 Å². The van der Waals surface area contributed by atoms with Crippen molar-refractivity contribution in [2.75, 3.05) is 26.4 Å². The van der Waals surface area contributed by atoms with Crippen LogP contribution in [0.5, 0.6) is 0 Å². The summed E-state index contributed by atoms with van der Waals surface area (Å²) in [6.45, 7) is 3.47. The molecule has 2 unspecified atom stereocenters. The molecule has 0 aromatic rings. The zero-order valence-electron chi connectivity index (χ0n) is 48.4. The molecule has 10 heteroatoms. The van der Waals surface area contributed by atoms with E-state index in [2.05, 4.69) is 172 Å². The van der Waals surface area contributed by atoms with Crippen LogP contribution in [0.15, 0.2) is 158 Å². The topological polar surface area (TPSA) is 134 Å². The lowest BCUT2D eigenvalue weighted by Gasteiger charge is -2.19. The van der Waals surface area contributed by atoms with Crippen molar-refractivity contribution in [3.8, 4) is 0 Å². The highest BCUT2D eigenvalue weighted by atomic mass is 31.2. The van der Waals surface area contributed by atoms with E-state index in [1.54, 1.807) is 0 Å². The molecule has 0 rings (SSSR count). The first kappa shape index (κ1) is 72.6. The molecule has 434 valence electrons. The molecule has 0 aromatic heterocycles. The third kappa shape index (κ3) is 60.7. The highest BCUT2D eigenvalue weighted by molar-refractivity contribution is 7.47. The zero-order valence-corrected chi connectivity index (χ0v) is 49.3. The van der Waals surface area contributed by atoms with E-state index in [0.29, 0.717) is 12.8 Å². The van der Waals surface area contributed by atoms with E-state index in [4.69, 9.17) is 24.3 Å². The molecule has 0 bridgehead atoms. The molecule has 77 heavy (non-hydrogen) atoms. The Labute approximate surface area is 470 Å². The van der Waals surface area contributed by atoms with Crippen molar-refractivity contribution < 1.29 is 37.6 Å². The summed E-state index contributed by atoms with van der Waals surface area (Å²) in [6, 6.07) is 0. The first-order valence-corrected chi connectivity index (χ1v) is 31.5. The van der Waals surface area contributed by atoms with Crippen molar-refractivity contribution in [3.63, 3.8) is 0 Å². The number of phosphoric acid groups is 1. The van der Waals surface area contributed by atoms with Gasteiger partial charge < -0.3 is 20.1 Å². The second-order valence-corrected chi connectivity index (χ2v) is 20.6. The van der Waals surface area contributed by atoms with Gasteiger partial charge in [-0.1, -0.05) is 242 Å². The number of hydrogen-bond acceptors (Lipinski definition) is 8. The Balaban J connectivity index is 3.97. The van der Waals surface area contributed by atoms with Crippen LogP contribution in [-0.4, -0.2) is 49.3 Å². The summed E-state index contributed by atoms with van der Waals surface area (Å²) in [5.74, 6) is -0.863. The number of carbonyl (C=O) groups excluding carboxylic acids is 2. The quantitative estimate of drug-likeness (QED) is 0.0264. The van der Waals surface area contributed by atoms with Crippen molar-refractivity contribution in [1.29, 1.82) is 0 Å². The predicted octanol–water partition coefficient (Wildman–Crippen LogP) is 19.3. The van der Waals surface area contributed by atoms with Crippen LogP contribution in [0.3, 0.4) is 0 Å². The fraction of sp³-hybridized carbons (Fsp3) is 0.582. The Bertz CT molecular complexity index is 1810. The molecule has 0 saturated carbocycles. The van der Waals surface area contributed by atoms with Gasteiger partial charge in [-0.25, -0.2) is 4.57 Å². The Morgan fingerprint density at radius 1 is 0.390 bits per heavy atom. The summed E-state index contributed by atoms with van der Waals surface area (Å²) in [5.41, 5.74) is 5.37. The first-order valence-electron chi connectivity index (χ1n) is 30.0. The summed E-state index contributed by atoms with van der Waals surface area (Å²) in [5, 5.41) is 0. The van der Waals surface area contributed by atoms with E-state index in [9.17, 15) is 19.0 Å². The molecule has 0 aliphatic rings. The van der Waals surface area contributed by atoms with E-state index >= 15 is 0 Å². The molecule has 0 aromatic carbocycles. The van der Waals surface area contributed by atoms with Gasteiger partial charge in [0.1, 0.15) is 6.61 Å². The van der Waals surface area contributed by atoms with Crippen LogP contribution >= 0.6 is 7.82 Å². The van der Waals surface area contributed by atoms with Crippen LogP contribution in [0.1, 0.15) is 219 Å². The van der Waals surface area contributed by atoms with Crippen LogP contribution < -0.4 is 5.73 Å². The minimum absolute atomic E-state index is 0.0425. The monoisotopic (exact) mass is 1090 g/mol. The molecule has 0 aliphatic carbocycles. The lowest BCUT2D eigenvalue weighted by molar-refractivity contribution is -0.161. The van der Waals surface area contributed by atoms with E-state index in [-0.39, 0.29) is 32.6 Å². The molecular weight excluding hydrogens is 978 g/mol. The fourth-order valence-corrected chi connectivity index (χ4v) is 8.32. The van der Waals surface area contributed by atoms with Crippen LogP contribution in [0, 0.1) is 0 Å². The molecule has 0 saturated heterocycles. The Morgan fingerprint density at radius 3 is 1.00 bits per heavy atom. The molecule has 0 spiro atoms. The number of phosphoric ester groups is 1. The van der Waals surface area contributed by atoms with Gasteiger partial charge in [0.05, 0.1) is 13.2 Å². The van der Waals surface area contributed by atoms with Gasteiger partial charge in [-0.3, -0.25) is 18.6 Å². The molecule has 0 radical (unpaired) electrons. The average Bonchev–Trinajstić information content (AvgIpc) is 3.42. The lowest BCUT2D eigenvalue weighted by Crippen LogP contribution is -2.29. The summed E-state index contributed by atoms with van der Waals surface area (Å²) >= 11 is 0. The average molecular weight is 1090 g/mol. The molecule has 9 nitrogen and oxygen atoms in total. The van der Waals surface area contributed by atoms with Crippen molar-refractivity contribution in [2.24, 2.45) is 5.73 Å². The first-order chi connectivity index (χ1) is 37.8. The molecule has 0 heterocycles. The van der Waals surface area contributed by atoms with Gasteiger partial charge in [-0.15, -0.1) is 0 Å². The number of ether oxygens (including phenoxy) is 2. The van der Waals surface area contributed by atoms with Crippen LogP contribution in [0.2, 0.25) is 0 Å². The highest BCUT2D eigenvalue weighted by Crippen LogP contribution is 2.43. The van der Waals surface area contributed by atoms with Gasteiger partial charge in [0.25, 0.3) is 0 Å². The van der Waals surface area contributed by atoms with Crippen LogP contribution in [0.25, 0.3) is 0 Å². The van der Waals surface area contributed by atoms with Gasteiger partial charge in [0.15, 0.2) is 6.10 Å². The van der Waals surface area contributed by atoms with Gasteiger partial charge in [0.2, 0.25) is 0 Å². The Kier molecular flexibility index (Phi) is 57.4. The normalized spacial score (nSPS) is 14.2. The maximum Gasteiger partial charge on any atom is 0.472 e. The number of rotatable bonds is 54. The summed E-state index contributed by atoms with van der Waals surface area (Å²) in [7, 11) is -4.40. The Morgan fingerprint density at radius 2 is 0.675 bits per heavy atom.